The van der Waals surface area contributed by atoms with Gasteiger partial charge in [-0.2, -0.15) is 4.31 Å². The van der Waals surface area contributed by atoms with Gasteiger partial charge in [0.25, 0.3) is 0 Å². The molecule has 1 aromatic carbocycles. The third kappa shape index (κ3) is 3.44. The summed E-state index contributed by atoms with van der Waals surface area (Å²) < 4.78 is 26.9. The molecule has 0 saturated carbocycles. The number of nitrogens with two attached hydrogens (primary N) is 1. The molecule has 1 saturated heterocycles. The largest absolute Gasteiger partial charge is 0.393 e. The Morgan fingerprint density at radius 3 is 2.81 bits per heavy atom. The van der Waals surface area contributed by atoms with Crippen molar-refractivity contribution in [3.63, 3.8) is 0 Å². The summed E-state index contributed by atoms with van der Waals surface area (Å²) in [4.78, 5) is 0.206. The molecule has 6 heteroatoms. The minimum atomic E-state index is -3.59. The van der Waals surface area contributed by atoms with Crippen molar-refractivity contribution >= 4 is 10.0 Å². The van der Waals surface area contributed by atoms with Gasteiger partial charge in [0.1, 0.15) is 0 Å². The SMILES string of the molecule is CC(O)C1CCN(S(=O)(=O)c2ccccc2C#CCN)C1. The van der Waals surface area contributed by atoms with Crippen LogP contribution in [-0.2, 0) is 10.0 Å². The van der Waals surface area contributed by atoms with Crippen LogP contribution in [-0.4, -0.2) is 43.6 Å². The Bertz CT molecular complexity index is 659. The van der Waals surface area contributed by atoms with Crippen LogP contribution in [0.2, 0.25) is 0 Å². The maximum absolute atomic E-state index is 12.7. The summed E-state index contributed by atoms with van der Waals surface area (Å²) in [6.07, 6.45) is 0.172. The molecule has 5 nitrogen and oxygen atoms in total. The number of nitrogens with zero attached hydrogens (tertiary/aromatic N) is 1. The van der Waals surface area contributed by atoms with Crippen molar-refractivity contribution in [2.75, 3.05) is 19.6 Å². The molecule has 0 bridgehead atoms. The second-order valence-electron chi connectivity index (χ2n) is 5.15. The van der Waals surface area contributed by atoms with Gasteiger partial charge in [0.05, 0.1) is 17.5 Å². The van der Waals surface area contributed by atoms with Crippen molar-refractivity contribution in [3.05, 3.63) is 29.8 Å². The number of aliphatic hydroxyl groups excluding tert-OH is 1. The quantitative estimate of drug-likeness (QED) is 0.791. The first-order valence-electron chi connectivity index (χ1n) is 6.93. The predicted molar refractivity (Wildman–Crippen MR) is 80.9 cm³/mol. The smallest absolute Gasteiger partial charge is 0.244 e. The zero-order valence-electron chi connectivity index (χ0n) is 12.0. The Labute approximate surface area is 125 Å². The molecule has 0 aliphatic carbocycles. The first-order valence-corrected chi connectivity index (χ1v) is 8.37. The van der Waals surface area contributed by atoms with Crippen molar-refractivity contribution in [1.82, 2.24) is 4.31 Å². The van der Waals surface area contributed by atoms with Gasteiger partial charge < -0.3 is 10.8 Å². The molecule has 2 unspecified atom stereocenters. The second kappa shape index (κ2) is 6.58. The van der Waals surface area contributed by atoms with E-state index in [1.165, 1.54) is 4.31 Å². The molecule has 1 fully saturated rings. The van der Waals surface area contributed by atoms with Crippen molar-refractivity contribution in [3.8, 4) is 11.8 Å². The third-order valence-electron chi connectivity index (χ3n) is 3.70. The van der Waals surface area contributed by atoms with Crippen LogP contribution in [0.3, 0.4) is 0 Å². The average Bonchev–Trinajstić information content (AvgIpc) is 2.96. The molecule has 1 heterocycles. The lowest BCUT2D eigenvalue weighted by Gasteiger charge is -2.18. The fourth-order valence-corrected chi connectivity index (χ4v) is 4.11. The van der Waals surface area contributed by atoms with Gasteiger partial charge in [0.15, 0.2) is 0 Å². The van der Waals surface area contributed by atoms with Crippen LogP contribution in [0.25, 0.3) is 0 Å². The monoisotopic (exact) mass is 308 g/mol. The molecule has 1 aliphatic rings. The van der Waals surface area contributed by atoms with Crippen LogP contribution in [0.15, 0.2) is 29.2 Å². The van der Waals surface area contributed by atoms with Gasteiger partial charge in [0, 0.05) is 18.7 Å². The van der Waals surface area contributed by atoms with Gasteiger partial charge in [-0.15, -0.1) is 0 Å². The minimum Gasteiger partial charge on any atom is -0.393 e. The lowest BCUT2D eigenvalue weighted by atomic mass is 10.0. The second-order valence-corrected chi connectivity index (χ2v) is 7.06. The molecule has 0 amide bonds. The van der Waals surface area contributed by atoms with Crippen LogP contribution in [0.4, 0.5) is 0 Å². The van der Waals surface area contributed by atoms with E-state index in [1.54, 1.807) is 31.2 Å². The van der Waals surface area contributed by atoms with Gasteiger partial charge in [-0.25, -0.2) is 8.42 Å². The lowest BCUT2D eigenvalue weighted by molar-refractivity contribution is 0.133. The van der Waals surface area contributed by atoms with Gasteiger partial charge >= 0.3 is 0 Å². The first-order chi connectivity index (χ1) is 9.96. The topological polar surface area (TPSA) is 83.6 Å². The van der Waals surface area contributed by atoms with Crippen molar-refractivity contribution in [2.24, 2.45) is 11.7 Å². The van der Waals surface area contributed by atoms with Crippen molar-refractivity contribution in [2.45, 2.75) is 24.3 Å². The predicted octanol–water partition coefficient (Wildman–Crippen LogP) is 0.388. The number of aliphatic hydroxyl groups is 1. The molecule has 0 radical (unpaired) electrons. The molecule has 0 spiro atoms. The summed E-state index contributed by atoms with van der Waals surface area (Å²) in [6.45, 7) is 2.65. The molecular formula is C15H20N2O3S. The summed E-state index contributed by atoms with van der Waals surface area (Å²) in [6, 6.07) is 6.67. The molecule has 1 aliphatic heterocycles. The van der Waals surface area contributed by atoms with E-state index in [4.69, 9.17) is 5.73 Å². The molecular weight excluding hydrogens is 288 g/mol. The fourth-order valence-electron chi connectivity index (χ4n) is 2.45. The summed E-state index contributed by atoms with van der Waals surface area (Å²) >= 11 is 0. The standard InChI is InChI=1S/C15H20N2O3S/c1-12(18)14-8-10-17(11-14)21(19,20)15-7-3-2-5-13(15)6-4-9-16/h2-3,5,7,12,14,18H,8-11,16H2,1H3. The summed E-state index contributed by atoms with van der Waals surface area (Å²) in [5, 5.41) is 9.62. The minimum absolute atomic E-state index is 0.0120. The Morgan fingerprint density at radius 2 is 2.19 bits per heavy atom. The Morgan fingerprint density at radius 1 is 1.48 bits per heavy atom. The average molecular weight is 308 g/mol. The van der Waals surface area contributed by atoms with E-state index in [9.17, 15) is 13.5 Å². The van der Waals surface area contributed by atoms with Gasteiger partial charge in [-0.05, 0) is 31.4 Å². The van der Waals surface area contributed by atoms with Gasteiger partial charge in [-0.1, -0.05) is 24.0 Å². The number of hydrogen-bond acceptors (Lipinski definition) is 4. The van der Waals surface area contributed by atoms with Crippen LogP contribution < -0.4 is 5.73 Å². The number of rotatable bonds is 3. The number of benzene rings is 1. The van der Waals surface area contributed by atoms with Crippen molar-refractivity contribution < 1.29 is 13.5 Å². The van der Waals surface area contributed by atoms with Crippen LogP contribution in [0.5, 0.6) is 0 Å². The molecule has 1 aromatic rings. The Balaban J connectivity index is 2.33. The Kier molecular flexibility index (Phi) is 5.01. The van der Waals surface area contributed by atoms with E-state index in [-0.39, 0.29) is 17.4 Å². The fraction of sp³-hybridized carbons (Fsp3) is 0.467. The highest BCUT2D eigenvalue weighted by atomic mass is 32.2. The molecule has 3 N–H and O–H groups in total. The van der Waals surface area contributed by atoms with Gasteiger partial charge in [-0.3, -0.25) is 0 Å². The Hall–Kier alpha value is -1.39. The number of sulfonamides is 1. The van der Waals surface area contributed by atoms with E-state index in [0.717, 1.165) is 0 Å². The van der Waals surface area contributed by atoms with Crippen LogP contribution in [0.1, 0.15) is 18.9 Å². The molecule has 114 valence electrons. The van der Waals surface area contributed by atoms with E-state index in [0.29, 0.717) is 25.1 Å². The molecule has 2 rings (SSSR count). The van der Waals surface area contributed by atoms with Crippen LogP contribution >= 0.6 is 0 Å². The summed E-state index contributed by atoms with van der Waals surface area (Å²) in [5.74, 6) is 5.48. The zero-order valence-corrected chi connectivity index (χ0v) is 12.8. The highest BCUT2D eigenvalue weighted by Crippen LogP contribution is 2.27. The highest BCUT2D eigenvalue weighted by molar-refractivity contribution is 7.89. The maximum atomic E-state index is 12.7. The molecule has 2 atom stereocenters. The van der Waals surface area contributed by atoms with Crippen molar-refractivity contribution in [1.29, 1.82) is 0 Å². The highest BCUT2D eigenvalue weighted by Gasteiger charge is 2.35. The molecule has 21 heavy (non-hydrogen) atoms. The maximum Gasteiger partial charge on any atom is 0.244 e. The summed E-state index contributed by atoms with van der Waals surface area (Å²) in [5.41, 5.74) is 5.81. The lowest BCUT2D eigenvalue weighted by Crippen LogP contribution is -2.31. The zero-order chi connectivity index (χ0) is 15.5. The van der Waals surface area contributed by atoms with E-state index in [1.807, 2.05) is 0 Å². The first kappa shape index (κ1) is 16.0. The van der Waals surface area contributed by atoms with E-state index in [2.05, 4.69) is 11.8 Å². The van der Waals surface area contributed by atoms with Gasteiger partial charge in [0.2, 0.25) is 10.0 Å². The van der Waals surface area contributed by atoms with E-state index < -0.39 is 16.1 Å². The van der Waals surface area contributed by atoms with E-state index >= 15 is 0 Å². The normalized spacial score (nSPS) is 20.8. The van der Waals surface area contributed by atoms with Crippen LogP contribution in [0, 0.1) is 17.8 Å². The summed E-state index contributed by atoms with van der Waals surface area (Å²) in [7, 11) is -3.59. The molecule has 0 aromatic heterocycles. The number of hydrogen-bond donors (Lipinski definition) is 2. The third-order valence-corrected chi connectivity index (χ3v) is 5.62.